The van der Waals surface area contributed by atoms with Crippen LogP contribution in [0, 0.1) is 17.1 Å². The normalized spacial score (nSPS) is 16.0. The minimum absolute atomic E-state index is 0.286. The minimum atomic E-state index is -0.286. The first kappa shape index (κ1) is 18.8. The van der Waals surface area contributed by atoms with Crippen molar-refractivity contribution in [3.8, 4) is 28.6 Å². The minimum Gasteiger partial charge on any atom is -0.341 e. The number of aromatic amines is 1. The third kappa shape index (κ3) is 3.44. The van der Waals surface area contributed by atoms with Gasteiger partial charge < -0.3 is 15.2 Å². The van der Waals surface area contributed by atoms with E-state index in [-0.39, 0.29) is 5.82 Å². The van der Waals surface area contributed by atoms with E-state index in [0.29, 0.717) is 23.8 Å². The summed E-state index contributed by atoms with van der Waals surface area (Å²) in [7, 11) is 0. The average Bonchev–Trinajstić information content (AvgIpc) is 3.15. The van der Waals surface area contributed by atoms with E-state index < -0.39 is 0 Å². The number of pyridine rings is 1. The molecule has 30 heavy (non-hydrogen) atoms. The maximum Gasteiger partial charge on any atom is 0.139 e. The summed E-state index contributed by atoms with van der Waals surface area (Å²) >= 11 is 0. The summed E-state index contributed by atoms with van der Waals surface area (Å²) in [5.74, 6) is 1.75. The van der Waals surface area contributed by atoms with Gasteiger partial charge in [0.05, 0.1) is 17.5 Å². The number of fused-ring (bicyclic) bond motifs is 5. The molecule has 2 aliphatic heterocycles. The molecule has 2 N–H and O–H groups in total. The SMILES string of the molecule is N#CCCCN1CCC(c2nc3c([nH]2)-c2ccc(F)cc2Nc2ncccc2-3)CC1. The Kier molecular flexibility index (Phi) is 4.93. The number of benzene rings is 1. The Hall–Kier alpha value is -3.24. The molecule has 0 aliphatic carbocycles. The van der Waals surface area contributed by atoms with E-state index in [1.165, 1.54) is 12.1 Å². The molecule has 0 atom stereocenters. The predicted molar refractivity (Wildman–Crippen MR) is 114 cm³/mol. The van der Waals surface area contributed by atoms with E-state index >= 15 is 0 Å². The number of rotatable bonds is 4. The van der Waals surface area contributed by atoms with E-state index in [0.717, 1.165) is 67.2 Å². The van der Waals surface area contributed by atoms with E-state index in [1.807, 2.05) is 12.1 Å². The van der Waals surface area contributed by atoms with Crippen molar-refractivity contribution >= 4 is 11.5 Å². The van der Waals surface area contributed by atoms with E-state index in [2.05, 4.69) is 26.3 Å². The van der Waals surface area contributed by atoms with Gasteiger partial charge in [-0.1, -0.05) is 0 Å². The summed E-state index contributed by atoms with van der Waals surface area (Å²) in [4.78, 5) is 15.5. The fourth-order valence-corrected chi connectivity index (χ4v) is 4.45. The van der Waals surface area contributed by atoms with Crippen molar-refractivity contribution in [1.82, 2.24) is 19.9 Å². The van der Waals surface area contributed by atoms with Gasteiger partial charge in [-0.2, -0.15) is 5.26 Å². The van der Waals surface area contributed by atoms with Crippen LogP contribution in [0.3, 0.4) is 0 Å². The van der Waals surface area contributed by atoms with Crippen molar-refractivity contribution in [1.29, 1.82) is 5.26 Å². The van der Waals surface area contributed by atoms with Gasteiger partial charge >= 0.3 is 0 Å². The fraction of sp³-hybridized carbons (Fsp3) is 0.348. The molecule has 0 saturated carbocycles. The topological polar surface area (TPSA) is 80.6 Å². The van der Waals surface area contributed by atoms with Crippen molar-refractivity contribution in [2.75, 3.05) is 25.0 Å². The number of piperidine rings is 1. The highest BCUT2D eigenvalue weighted by Crippen LogP contribution is 2.43. The van der Waals surface area contributed by atoms with Crippen LogP contribution in [0.5, 0.6) is 0 Å². The zero-order valence-electron chi connectivity index (χ0n) is 16.7. The number of aromatic nitrogens is 3. The maximum atomic E-state index is 13.9. The summed E-state index contributed by atoms with van der Waals surface area (Å²) in [5, 5.41) is 12.0. The van der Waals surface area contributed by atoms with Gasteiger partial charge in [0.25, 0.3) is 0 Å². The fourth-order valence-electron chi connectivity index (χ4n) is 4.45. The Morgan fingerprint density at radius 3 is 2.90 bits per heavy atom. The molecule has 3 aromatic rings. The largest absolute Gasteiger partial charge is 0.341 e. The molecular formula is C23H23FN6. The van der Waals surface area contributed by atoms with Gasteiger partial charge in [0.2, 0.25) is 0 Å². The standard InChI is InChI=1S/C23H23FN6/c24-16-5-6-17-19(14-16)27-23-18(4-3-10-26-23)21-20(17)28-22(29-21)15-7-12-30(13-8-15)11-2-1-9-25/h3-6,10,14-15H,1-2,7-8,11-13H2,(H,26,27)(H,28,29). The summed E-state index contributed by atoms with van der Waals surface area (Å²) in [6.45, 7) is 3.02. The Morgan fingerprint density at radius 1 is 1.20 bits per heavy atom. The van der Waals surface area contributed by atoms with Crippen molar-refractivity contribution in [3.63, 3.8) is 0 Å². The molecular weight excluding hydrogens is 379 g/mol. The van der Waals surface area contributed by atoms with E-state index in [1.54, 1.807) is 12.3 Å². The van der Waals surface area contributed by atoms with Crippen molar-refractivity contribution in [2.24, 2.45) is 0 Å². The van der Waals surface area contributed by atoms with Crippen LogP contribution in [-0.4, -0.2) is 39.5 Å². The van der Waals surface area contributed by atoms with Crippen LogP contribution >= 0.6 is 0 Å². The molecule has 1 aromatic carbocycles. The number of nitriles is 1. The molecule has 4 heterocycles. The average molecular weight is 402 g/mol. The van der Waals surface area contributed by atoms with Crippen molar-refractivity contribution < 1.29 is 4.39 Å². The van der Waals surface area contributed by atoms with Crippen molar-refractivity contribution in [2.45, 2.75) is 31.6 Å². The lowest BCUT2D eigenvalue weighted by Gasteiger charge is -2.30. The number of likely N-dealkylation sites (tertiary alicyclic amines) is 1. The van der Waals surface area contributed by atoms with Gasteiger partial charge in [0.1, 0.15) is 23.2 Å². The number of imidazole rings is 1. The molecule has 1 fully saturated rings. The smallest absolute Gasteiger partial charge is 0.139 e. The Labute approximate surface area is 174 Å². The number of hydrogen-bond acceptors (Lipinski definition) is 5. The zero-order valence-corrected chi connectivity index (χ0v) is 16.7. The van der Waals surface area contributed by atoms with Crippen molar-refractivity contribution in [3.05, 3.63) is 48.2 Å². The number of halogens is 1. The van der Waals surface area contributed by atoms with Gasteiger partial charge in [-0.3, -0.25) is 0 Å². The van der Waals surface area contributed by atoms with Crippen LogP contribution in [0.1, 0.15) is 37.4 Å². The van der Waals surface area contributed by atoms with Crippen LogP contribution < -0.4 is 5.32 Å². The lowest BCUT2D eigenvalue weighted by molar-refractivity contribution is 0.208. The second-order valence-electron chi connectivity index (χ2n) is 7.94. The molecule has 0 amide bonds. The lowest BCUT2D eigenvalue weighted by atomic mass is 9.96. The highest BCUT2D eigenvalue weighted by atomic mass is 19.1. The van der Waals surface area contributed by atoms with E-state index in [4.69, 9.17) is 10.2 Å². The summed E-state index contributed by atoms with van der Waals surface area (Å²) < 4.78 is 13.9. The number of H-pyrrole nitrogens is 1. The molecule has 2 aromatic heterocycles. The highest BCUT2D eigenvalue weighted by Gasteiger charge is 2.28. The molecule has 6 nitrogen and oxygen atoms in total. The summed E-state index contributed by atoms with van der Waals surface area (Å²) in [6.07, 6.45) is 5.35. The molecule has 1 saturated heterocycles. The molecule has 7 heteroatoms. The second-order valence-corrected chi connectivity index (χ2v) is 7.94. The number of nitrogens with zero attached hydrogens (tertiary/aromatic N) is 4. The number of unbranched alkanes of at least 4 members (excludes halogenated alkanes) is 1. The maximum absolute atomic E-state index is 13.9. The third-order valence-electron chi connectivity index (χ3n) is 6.03. The molecule has 2 aliphatic rings. The molecule has 0 unspecified atom stereocenters. The predicted octanol–water partition coefficient (Wildman–Crippen LogP) is 4.82. The number of hydrogen-bond donors (Lipinski definition) is 2. The molecule has 0 bridgehead atoms. The monoisotopic (exact) mass is 402 g/mol. The number of nitrogens with one attached hydrogen (secondary N) is 2. The highest BCUT2D eigenvalue weighted by molar-refractivity contribution is 5.94. The van der Waals surface area contributed by atoms with Crippen LogP contribution in [0.15, 0.2) is 36.5 Å². The van der Waals surface area contributed by atoms with Gasteiger partial charge in [-0.25, -0.2) is 14.4 Å². The van der Waals surface area contributed by atoms with Gasteiger partial charge in [0, 0.05) is 29.7 Å². The molecule has 0 spiro atoms. The van der Waals surface area contributed by atoms with Crippen LogP contribution in [-0.2, 0) is 0 Å². The Bertz CT molecular complexity index is 1110. The van der Waals surface area contributed by atoms with Gasteiger partial charge in [-0.05, 0) is 69.2 Å². The van der Waals surface area contributed by atoms with Gasteiger partial charge in [-0.15, -0.1) is 0 Å². The number of anilines is 2. The first-order valence-corrected chi connectivity index (χ1v) is 10.4. The van der Waals surface area contributed by atoms with Crippen LogP contribution in [0.4, 0.5) is 15.9 Å². The summed E-state index contributed by atoms with van der Waals surface area (Å²) in [6, 6.07) is 10.9. The molecule has 0 radical (unpaired) electrons. The Balaban J connectivity index is 1.46. The zero-order chi connectivity index (χ0) is 20.5. The van der Waals surface area contributed by atoms with Crippen LogP contribution in [0.25, 0.3) is 22.5 Å². The summed E-state index contributed by atoms with van der Waals surface area (Å²) in [5.41, 5.74) is 4.28. The quantitative estimate of drug-likeness (QED) is 0.479. The molecule has 152 valence electrons. The van der Waals surface area contributed by atoms with Gasteiger partial charge in [0.15, 0.2) is 0 Å². The molecule has 5 rings (SSSR count). The first-order chi connectivity index (χ1) is 14.7. The van der Waals surface area contributed by atoms with Crippen LogP contribution in [0.2, 0.25) is 0 Å². The second kappa shape index (κ2) is 7.88. The third-order valence-corrected chi connectivity index (χ3v) is 6.03. The van der Waals surface area contributed by atoms with E-state index in [9.17, 15) is 4.39 Å². The Morgan fingerprint density at radius 2 is 2.07 bits per heavy atom. The lowest BCUT2D eigenvalue weighted by Crippen LogP contribution is -2.33. The first-order valence-electron chi connectivity index (χ1n) is 10.4.